The molecule has 0 heterocycles. The van der Waals surface area contributed by atoms with Crippen molar-refractivity contribution in [2.75, 3.05) is 47.4 Å². The number of hydrogen-bond acceptors (Lipinski definition) is 4. The molecule has 1 aromatic rings. The Hall–Kier alpha value is -1.10. The average Bonchev–Trinajstić information content (AvgIpc) is 2.45. The molecule has 2 N–H and O–H groups in total. The minimum atomic E-state index is 0.262. The van der Waals surface area contributed by atoms with Gasteiger partial charge in [-0.2, -0.15) is 0 Å². The van der Waals surface area contributed by atoms with Crippen LogP contribution in [0.15, 0.2) is 24.3 Å². The van der Waals surface area contributed by atoms with E-state index in [1.54, 1.807) is 7.11 Å². The molecule has 4 nitrogen and oxygen atoms in total. The van der Waals surface area contributed by atoms with E-state index in [1.807, 2.05) is 12.1 Å². The molecule has 0 aliphatic heterocycles. The summed E-state index contributed by atoms with van der Waals surface area (Å²) < 4.78 is 5.24. The first-order valence-electron chi connectivity index (χ1n) is 7.70. The van der Waals surface area contributed by atoms with Crippen LogP contribution in [0, 0.1) is 5.92 Å². The van der Waals surface area contributed by atoms with Gasteiger partial charge in [-0.25, -0.2) is 0 Å². The number of nitrogens with two attached hydrogens (primary N) is 1. The summed E-state index contributed by atoms with van der Waals surface area (Å²) in [7, 11) is 5.91. The van der Waals surface area contributed by atoms with Crippen LogP contribution < -0.4 is 10.5 Å². The summed E-state index contributed by atoms with van der Waals surface area (Å²) in [6.07, 6.45) is 0. The van der Waals surface area contributed by atoms with Gasteiger partial charge in [-0.05, 0) is 37.7 Å². The average molecular weight is 293 g/mol. The third kappa shape index (κ3) is 6.04. The van der Waals surface area contributed by atoms with E-state index in [4.69, 9.17) is 10.5 Å². The molecule has 0 bridgehead atoms. The number of benzene rings is 1. The molecule has 0 saturated carbocycles. The number of ether oxygens (including phenoxy) is 1. The largest absolute Gasteiger partial charge is 0.497 e. The quantitative estimate of drug-likeness (QED) is 0.758. The first-order valence-corrected chi connectivity index (χ1v) is 7.70. The van der Waals surface area contributed by atoms with Crippen molar-refractivity contribution in [2.45, 2.75) is 19.9 Å². The Morgan fingerprint density at radius 3 is 2.14 bits per heavy atom. The van der Waals surface area contributed by atoms with Crippen LogP contribution in [-0.2, 0) is 0 Å². The van der Waals surface area contributed by atoms with E-state index in [0.717, 1.165) is 25.4 Å². The maximum atomic E-state index is 6.07. The third-order valence-corrected chi connectivity index (χ3v) is 3.60. The number of hydrogen-bond donors (Lipinski definition) is 1. The van der Waals surface area contributed by atoms with Crippen LogP contribution in [0.25, 0.3) is 0 Å². The van der Waals surface area contributed by atoms with Crippen molar-refractivity contribution < 1.29 is 4.74 Å². The molecule has 0 fully saturated rings. The van der Waals surface area contributed by atoms with Crippen LogP contribution >= 0.6 is 0 Å². The molecule has 1 unspecified atom stereocenters. The molecule has 0 saturated heterocycles. The molecular formula is C17H31N3O. The Kier molecular flexibility index (Phi) is 7.72. The number of likely N-dealkylation sites (N-methyl/N-ethyl adjacent to an activating group) is 1. The topological polar surface area (TPSA) is 41.7 Å². The summed E-state index contributed by atoms with van der Waals surface area (Å²) in [5.41, 5.74) is 7.33. The summed E-state index contributed by atoms with van der Waals surface area (Å²) in [4.78, 5) is 4.71. The normalized spacial score (nSPS) is 13.2. The van der Waals surface area contributed by atoms with Gasteiger partial charge in [-0.15, -0.1) is 0 Å². The zero-order valence-electron chi connectivity index (χ0n) is 14.2. The predicted octanol–water partition coefficient (Wildman–Crippen LogP) is 2.21. The molecule has 0 spiro atoms. The Balaban J connectivity index is 2.87. The van der Waals surface area contributed by atoms with E-state index in [9.17, 15) is 0 Å². The SMILES string of the molecule is COc1ccc(C(CN)N(CCN(C)C)CC(C)C)cc1. The summed E-state index contributed by atoms with van der Waals surface area (Å²) >= 11 is 0. The molecule has 1 rings (SSSR count). The zero-order chi connectivity index (χ0) is 15.8. The van der Waals surface area contributed by atoms with Crippen molar-refractivity contribution in [3.05, 3.63) is 29.8 Å². The summed E-state index contributed by atoms with van der Waals surface area (Å²) in [5.74, 6) is 1.51. The van der Waals surface area contributed by atoms with E-state index < -0.39 is 0 Å². The standard InChI is InChI=1S/C17H31N3O/c1-14(2)13-20(11-10-19(3)4)17(12-18)15-6-8-16(21-5)9-7-15/h6-9,14,17H,10-13,18H2,1-5H3. The molecule has 0 aromatic heterocycles. The highest BCUT2D eigenvalue weighted by atomic mass is 16.5. The molecule has 21 heavy (non-hydrogen) atoms. The lowest BCUT2D eigenvalue weighted by Crippen LogP contribution is -2.40. The van der Waals surface area contributed by atoms with Crippen LogP contribution in [-0.4, -0.2) is 57.2 Å². The van der Waals surface area contributed by atoms with Gasteiger partial charge in [-0.3, -0.25) is 4.90 Å². The Labute approximate surface area is 129 Å². The van der Waals surface area contributed by atoms with Gasteiger partial charge in [0, 0.05) is 32.2 Å². The van der Waals surface area contributed by atoms with Crippen molar-refractivity contribution >= 4 is 0 Å². The van der Waals surface area contributed by atoms with Crippen molar-refractivity contribution in [3.63, 3.8) is 0 Å². The number of rotatable bonds is 9. The van der Waals surface area contributed by atoms with Crippen molar-refractivity contribution in [1.82, 2.24) is 9.80 Å². The van der Waals surface area contributed by atoms with Crippen LogP contribution in [0.1, 0.15) is 25.5 Å². The molecule has 0 amide bonds. The van der Waals surface area contributed by atoms with E-state index in [-0.39, 0.29) is 6.04 Å². The molecular weight excluding hydrogens is 262 g/mol. The van der Waals surface area contributed by atoms with Crippen molar-refractivity contribution in [1.29, 1.82) is 0 Å². The lowest BCUT2D eigenvalue weighted by molar-refractivity contribution is 0.163. The molecule has 0 radical (unpaired) electrons. The zero-order valence-corrected chi connectivity index (χ0v) is 14.2. The van der Waals surface area contributed by atoms with Crippen LogP contribution in [0.2, 0.25) is 0 Å². The lowest BCUT2D eigenvalue weighted by atomic mass is 10.0. The fraction of sp³-hybridized carbons (Fsp3) is 0.647. The number of nitrogens with zero attached hydrogens (tertiary/aromatic N) is 2. The molecule has 120 valence electrons. The van der Waals surface area contributed by atoms with E-state index in [0.29, 0.717) is 12.5 Å². The van der Waals surface area contributed by atoms with E-state index >= 15 is 0 Å². The lowest BCUT2D eigenvalue weighted by Gasteiger charge is -2.33. The van der Waals surface area contributed by atoms with E-state index in [1.165, 1.54) is 5.56 Å². The minimum Gasteiger partial charge on any atom is -0.497 e. The fourth-order valence-corrected chi connectivity index (χ4v) is 2.49. The Morgan fingerprint density at radius 2 is 1.71 bits per heavy atom. The van der Waals surface area contributed by atoms with Gasteiger partial charge < -0.3 is 15.4 Å². The number of methoxy groups -OCH3 is 1. The maximum absolute atomic E-state index is 6.07. The molecule has 1 aromatic carbocycles. The van der Waals surface area contributed by atoms with Crippen LogP contribution in [0.4, 0.5) is 0 Å². The molecule has 0 aliphatic carbocycles. The van der Waals surface area contributed by atoms with Gasteiger partial charge in [0.15, 0.2) is 0 Å². The van der Waals surface area contributed by atoms with Gasteiger partial charge in [0.05, 0.1) is 7.11 Å². The smallest absolute Gasteiger partial charge is 0.118 e. The Morgan fingerprint density at radius 1 is 1.10 bits per heavy atom. The van der Waals surface area contributed by atoms with Gasteiger partial charge in [0.1, 0.15) is 5.75 Å². The first-order chi connectivity index (χ1) is 9.97. The monoisotopic (exact) mass is 293 g/mol. The van der Waals surface area contributed by atoms with Gasteiger partial charge >= 0.3 is 0 Å². The second kappa shape index (κ2) is 9.03. The molecule has 1 atom stereocenters. The third-order valence-electron chi connectivity index (χ3n) is 3.60. The van der Waals surface area contributed by atoms with E-state index in [2.05, 4.69) is 49.9 Å². The molecule has 0 aliphatic rings. The Bertz CT molecular complexity index is 390. The summed E-state index contributed by atoms with van der Waals surface area (Å²) in [6, 6.07) is 8.53. The van der Waals surface area contributed by atoms with Crippen LogP contribution in [0.5, 0.6) is 5.75 Å². The maximum Gasteiger partial charge on any atom is 0.118 e. The van der Waals surface area contributed by atoms with Crippen molar-refractivity contribution in [3.8, 4) is 5.75 Å². The van der Waals surface area contributed by atoms with Crippen molar-refractivity contribution in [2.24, 2.45) is 11.7 Å². The second-order valence-corrected chi connectivity index (χ2v) is 6.22. The highest BCUT2D eigenvalue weighted by Crippen LogP contribution is 2.23. The first kappa shape index (κ1) is 18.0. The fourth-order valence-electron chi connectivity index (χ4n) is 2.49. The highest BCUT2D eigenvalue weighted by molar-refractivity contribution is 5.29. The summed E-state index contributed by atoms with van der Waals surface area (Å²) in [5, 5.41) is 0. The van der Waals surface area contributed by atoms with Gasteiger partial charge in [-0.1, -0.05) is 26.0 Å². The second-order valence-electron chi connectivity index (χ2n) is 6.22. The van der Waals surface area contributed by atoms with Gasteiger partial charge in [0.2, 0.25) is 0 Å². The highest BCUT2D eigenvalue weighted by Gasteiger charge is 2.20. The summed E-state index contributed by atoms with van der Waals surface area (Å²) in [6.45, 7) is 8.27. The minimum absolute atomic E-state index is 0.262. The molecule has 4 heteroatoms. The predicted molar refractivity (Wildman–Crippen MR) is 89.8 cm³/mol. The van der Waals surface area contributed by atoms with Crippen LogP contribution in [0.3, 0.4) is 0 Å². The van der Waals surface area contributed by atoms with Gasteiger partial charge in [0.25, 0.3) is 0 Å².